The van der Waals surface area contributed by atoms with Crippen molar-refractivity contribution >= 4 is 27.4 Å². The molecule has 19 heavy (non-hydrogen) atoms. The van der Waals surface area contributed by atoms with Gasteiger partial charge in [0.2, 0.25) is 0 Å². The average molecular weight is 298 g/mol. The van der Waals surface area contributed by atoms with E-state index in [9.17, 15) is 8.42 Å². The number of aromatic nitrogens is 2. The first-order valence-electron chi connectivity index (χ1n) is 5.60. The zero-order valence-electron chi connectivity index (χ0n) is 10.2. The molecule has 1 heterocycles. The lowest BCUT2D eigenvalue weighted by Crippen LogP contribution is -2.14. The van der Waals surface area contributed by atoms with Crippen LogP contribution in [-0.2, 0) is 16.4 Å². The number of halogens is 1. The average Bonchev–Trinajstić information content (AvgIpc) is 2.38. The SMILES string of the molecule is CCc1ccc(S(=O)(=O)Nc2cncc(Cl)n2)cc1. The summed E-state index contributed by atoms with van der Waals surface area (Å²) in [7, 11) is -3.67. The maximum atomic E-state index is 12.1. The van der Waals surface area contributed by atoms with Gasteiger partial charge in [-0.25, -0.2) is 13.4 Å². The van der Waals surface area contributed by atoms with Crippen molar-refractivity contribution in [2.24, 2.45) is 0 Å². The van der Waals surface area contributed by atoms with Crippen molar-refractivity contribution in [3.05, 3.63) is 47.4 Å². The van der Waals surface area contributed by atoms with Crippen molar-refractivity contribution in [1.29, 1.82) is 0 Å². The summed E-state index contributed by atoms with van der Waals surface area (Å²) < 4.78 is 26.5. The Kier molecular flexibility index (Phi) is 4.01. The van der Waals surface area contributed by atoms with Crippen LogP contribution in [0.25, 0.3) is 0 Å². The van der Waals surface area contributed by atoms with E-state index in [0.29, 0.717) is 0 Å². The third-order valence-electron chi connectivity index (χ3n) is 2.49. The molecule has 100 valence electrons. The van der Waals surface area contributed by atoms with Crippen LogP contribution in [0.2, 0.25) is 5.15 Å². The van der Waals surface area contributed by atoms with Gasteiger partial charge in [-0.05, 0) is 24.1 Å². The van der Waals surface area contributed by atoms with Crippen molar-refractivity contribution in [3.8, 4) is 0 Å². The molecule has 1 aromatic carbocycles. The van der Waals surface area contributed by atoms with E-state index >= 15 is 0 Å². The summed E-state index contributed by atoms with van der Waals surface area (Å²) >= 11 is 5.65. The Morgan fingerprint density at radius 3 is 2.47 bits per heavy atom. The van der Waals surface area contributed by atoms with E-state index in [1.54, 1.807) is 24.3 Å². The van der Waals surface area contributed by atoms with Gasteiger partial charge in [0.05, 0.1) is 17.3 Å². The molecule has 0 atom stereocenters. The van der Waals surface area contributed by atoms with Gasteiger partial charge >= 0.3 is 0 Å². The summed E-state index contributed by atoms with van der Waals surface area (Å²) in [6.45, 7) is 2.00. The molecule has 0 unspecified atom stereocenters. The third-order valence-corrected chi connectivity index (χ3v) is 4.04. The van der Waals surface area contributed by atoms with Gasteiger partial charge in [-0.1, -0.05) is 30.7 Å². The zero-order valence-corrected chi connectivity index (χ0v) is 11.7. The number of anilines is 1. The Morgan fingerprint density at radius 2 is 1.89 bits per heavy atom. The maximum absolute atomic E-state index is 12.1. The molecule has 0 spiro atoms. The topological polar surface area (TPSA) is 72.0 Å². The highest BCUT2D eigenvalue weighted by molar-refractivity contribution is 7.92. The highest BCUT2D eigenvalue weighted by Crippen LogP contribution is 2.16. The second kappa shape index (κ2) is 5.54. The lowest BCUT2D eigenvalue weighted by Gasteiger charge is -2.07. The summed E-state index contributed by atoms with van der Waals surface area (Å²) in [6, 6.07) is 6.66. The van der Waals surface area contributed by atoms with Gasteiger partial charge in [-0.15, -0.1) is 0 Å². The summed E-state index contributed by atoms with van der Waals surface area (Å²) in [4.78, 5) is 7.77. The fourth-order valence-electron chi connectivity index (χ4n) is 1.49. The van der Waals surface area contributed by atoms with Crippen LogP contribution in [0.5, 0.6) is 0 Å². The summed E-state index contributed by atoms with van der Waals surface area (Å²) in [5.41, 5.74) is 1.07. The van der Waals surface area contributed by atoms with E-state index in [0.717, 1.165) is 12.0 Å². The minimum Gasteiger partial charge on any atom is -0.262 e. The predicted octanol–water partition coefficient (Wildman–Crippen LogP) is 2.49. The summed E-state index contributed by atoms with van der Waals surface area (Å²) in [5, 5.41) is 0.126. The minimum absolute atomic E-state index is 0.0899. The van der Waals surface area contributed by atoms with E-state index in [1.165, 1.54) is 12.4 Å². The fourth-order valence-corrected chi connectivity index (χ4v) is 2.63. The van der Waals surface area contributed by atoms with Gasteiger partial charge in [0.15, 0.2) is 5.82 Å². The molecule has 0 bridgehead atoms. The monoisotopic (exact) mass is 297 g/mol. The maximum Gasteiger partial charge on any atom is 0.263 e. The molecule has 0 aliphatic carbocycles. The van der Waals surface area contributed by atoms with Crippen LogP contribution in [0, 0.1) is 0 Å². The lowest BCUT2D eigenvalue weighted by molar-refractivity contribution is 0.601. The van der Waals surface area contributed by atoms with Crippen LogP contribution in [0.15, 0.2) is 41.6 Å². The minimum atomic E-state index is -3.67. The zero-order chi connectivity index (χ0) is 13.9. The summed E-state index contributed by atoms with van der Waals surface area (Å²) in [5.74, 6) is 0.0899. The number of nitrogens with zero attached hydrogens (tertiary/aromatic N) is 2. The highest BCUT2D eigenvalue weighted by atomic mass is 35.5. The van der Waals surface area contributed by atoms with Crippen molar-refractivity contribution in [1.82, 2.24) is 9.97 Å². The molecule has 0 radical (unpaired) electrons. The lowest BCUT2D eigenvalue weighted by atomic mass is 10.2. The van der Waals surface area contributed by atoms with Gasteiger partial charge < -0.3 is 0 Å². The van der Waals surface area contributed by atoms with E-state index in [4.69, 9.17) is 11.6 Å². The standard InChI is InChI=1S/C12H12ClN3O2S/c1-2-9-3-5-10(6-4-9)19(17,18)16-12-8-14-7-11(13)15-12/h3-8H,2H2,1H3,(H,15,16). The van der Waals surface area contributed by atoms with Gasteiger partial charge in [-0.2, -0.15) is 0 Å². The molecule has 0 saturated carbocycles. The first kappa shape index (κ1) is 13.8. The van der Waals surface area contributed by atoms with Gasteiger partial charge in [0, 0.05) is 0 Å². The number of nitrogens with one attached hydrogen (secondary N) is 1. The van der Waals surface area contributed by atoms with Crippen LogP contribution in [0.3, 0.4) is 0 Å². The van der Waals surface area contributed by atoms with E-state index < -0.39 is 10.0 Å². The largest absolute Gasteiger partial charge is 0.263 e. The molecule has 0 fully saturated rings. The van der Waals surface area contributed by atoms with E-state index in [1.807, 2.05) is 6.92 Å². The van der Waals surface area contributed by atoms with Crippen molar-refractivity contribution in [2.75, 3.05) is 4.72 Å². The van der Waals surface area contributed by atoms with Gasteiger partial charge in [-0.3, -0.25) is 9.71 Å². The first-order valence-corrected chi connectivity index (χ1v) is 7.46. The molecule has 1 N–H and O–H groups in total. The summed E-state index contributed by atoms with van der Waals surface area (Å²) in [6.07, 6.45) is 3.48. The molecule has 7 heteroatoms. The molecule has 0 aliphatic rings. The highest BCUT2D eigenvalue weighted by Gasteiger charge is 2.14. The van der Waals surface area contributed by atoms with Crippen LogP contribution >= 0.6 is 11.6 Å². The predicted molar refractivity (Wildman–Crippen MR) is 73.7 cm³/mol. The van der Waals surface area contributed by atoms with Gasteiger partial charge in [0.25, 0.3) is 10.0 Å². The number of rotatable bonds is 4. The molecule has 2 aromatic rings. The second-order valence-electron chi connectivity index (χ2n) is 3.83. The molecule has 2 rings (SSSR count). The Hall–Kier alpha value is -1.66. The number of benzene rings is 1. The Balaban J connectivity index is 2.27. The molecule has 1 aromatic heterocycles. The van der Waals surface area contributed by atoms with E-state index in [2.05, 4.69) is 14.7 Å². The Labute approximate surface area is 116 Å². The molecule has 0 amide bonds. The number of sulfonamides is 1. The number of aryl methyl sites for hydroxylation is 1. The third kappa shape index (κ3) is 3.42. The van der Waals surface area contributed by atoms with Crippen molar-refractivity contribution in [3.63, 3.8) is 0 Å². The number of hydrogen-bond donors (Lipinski definition) is 1. The number of hydrogen-bond acceptors (Lipinski definition) is 4. The van der Waals surface area contributed by atoms with E-state index in [-0.39, 0.29) is 15.9 Å². The normalized spacial score (nSPS) is 11.3. The van der Waals surface area contributed by atoms with Crippen LogP contribution < -0.4 is 4.72 Å². The quantitative estimate of drug-likeness (QED) is 0.941. The second-order valence-corrected chi connectivity index (χ2v) is 5.90. The van der Waals surface area contributed by atoms with Crippen molar-refractivity contribution in [2.45, 2.75) is 18.2 Å². The van der Waals surface area contributed by atoms with Crippen LogP contribution in [0.1, 0.15) is 12.5 Å². The van der Waals surface area contributed by atoms with Crippen molar-refractivity contribution < 1.29 is 8.42 Å². The molecule has 0 saturated heterocycles. The fraction of sp³-hybridized carbons (Fsp3) is 0.167. The molecule has 5 nitrogen and oxygen atoms in total. The smallest absolute Gasteiger partial charge is 0.262 e. The Bertz CT molecular complexity index is 672. The molecular weight excluding hydrogens is 286 g/mol. The van der Waals surface area contributed by atoms with Gasteiger partial charge in [0.1, 0.15) is 5.15 Å². The first-order chi connectivity index (χ1) is 9.01. The molecule has 0 aliphatic heterocycles. The molecular formula is C12H12ClN3O2S. The van der Waals surface area contributed by atoms with Crippen LogP contribution in [-0.4, -0.2) is 18.4 Å². The Morgan fingerprint density at radius 1 is 1.21 bits per heavy atom. The van der Waals surface area contributed by atoms with Crippen LogP contribution in [0.4, 0.5) is 5.82 Å².